The number of amides is 5. The standard InChI is InChI=1S/C48H49Cl2N9O7S/c1-28(2)58-43-41(48(64)59(40-24-34(50)26-54(4)67(40)65)42(43)31-11-13-33(49)14-12-31)52-44(58)35-23-32(25-51-45(35)66-7)46(62)57-20-18-29(19-21-57)8-9-30-10-15-36(38(22-30)53(3)27-60)55(5)37-16-17-39(61)56(6)47(37)63/h10-15,22-29,37,42H,16-21H2,1-7H3. The van der Waals surface area contributed by atoms with Gasteiger partial charge in [-0.3, -0.25) is 38.1 Å². The number of hydrogen-bond donors (Lipinski definition) is 0. The molecule has 8 rings (SSSR count). The van der Waals surface area contributed by atoms with E-state index in [1.54, 1.807) is 49.1 Å². The summed E-state index contributed by atoms with van der Waals surface area (Å²) in [5.74, 6) is 6.01. The van der Waals surface area contributed by atoms with Crippen LogP contribution in [0.3, 0.4) is 0 Å². The third-order valence-corrected chi connectivity index (χ3v) is 14.3. The number of carbonyl (C=O) groups excluding carboxylic acids is 5. The number of nitrogens with zero attached hydrogens (tertiary/aromatic N) is 9. The fraction of sp³-hybridized carbons (Fsp3) is 0.354. The van der Waals surface area contributed by atoms with Gasteiger partial charge in [0.15, 0.2) is 16.7 Å². The molecule has 2 saturated heterocycles. The number of halogens is 2. The van der Waals surface area contributed by atoms with Crippen molar-refractivity contribution in [3.05, 3.63) is 110 Å². The molecule has 0 radical (unpaired) electrons. The molecule has 3 atom stereocenters. The number of imide groups is 1. The van der Waals surface area contributed by atoms with E-state index in [1.165, 1.54) is 46.7 Å². The summed E-state index contributed by atoms with van der Waals surface area (Å²) >= 11 is 12.8. The van der Waals surface area contributed by atoms with Crippen molar-refractivity contribution in [3.8, 4) is 29.1 Å². The summed E-state index contributed by atoms with van der Waals surface area (Å²) in [7, 11) is 6.24. The summed E-state index contributed by atoms with van der Waals surface area (Å²) < 4.78 is 22.8. The minimum Gasteiger partial charge on any atom is -0.480 e. The molecule has 4 aliphatic rings. The summed E-state index contributed by atoms with van der Waals surface area (Å²) in [6.07, 6.45) is 7.11. The number of likely N-dealkylation sites (tertiary alicyclic amines) is 2. The number of fused-ring (bicyclic) bond motifs is 1. The zero-order valence-corrected chi connectivity index (χ0v) is 40.4. The highest BCUT2D eigenvalue weighted by Crippen LogP contribution is 2.47. The van der Waals surface area contributed by atoms with Crippen LogP contribution in [0, 0.1) is 17.8 Å². The molecule has 2 aromatic carbocycles. The molecule has 0 saturated carbocycles. The second kappa shape index (κ2) is 19.0. The smallest absolute Gasteiger partial charge is 0.280 e. The Morgan fingerprint density at radius 3 is 2.39 bits per heavy atom. The zero-order valence-electron chi connectivity index (χ0n) is 38.0. The van der Waals surface area contributed by atoms with Gasteiger partial charge in [-0.05, 0) is 81.1 Å². The molecule has 4 aliphatic heterocycles. The number of anilines is 2. The Kier molecular flexibility index (Phi) is 13.4. The lowest BCUT2D eigenvalue weighted by Crippen LogP contribution is -2.52. The molecule has 0 spiro atoms. The number of ether oxygens (including phenoxy) is 1. The molecule has 0 bridgehead atoms. The van der Waals surface area contributed by atoms with Gasteiger partial charge in [0.05, 0.1) is 40.3 Å². The molecule has 6 heterocycles. The van der Waals surface area contributed by atoms with E-state index in [2.05, 4.69) is 16.8 Å². The summed E-state index contributed by atoms with van der Waals surface area (Å²) in [4.78, 5) is 83.0. The highest BCUT2D eigenvalue weighted by Gasteiger charge is 2.48. The van der Waals surface area contributed by atoms with Crippen LogP contribution in [-0.2, 0) is 25.4 Å². The minimum absolute atomic E-state index is 0.00280. The van der Waals surface area contributed by atoms with Gasteiger partial charge in [0.1, 0.15) is 22.9 Å². The third kappa shape index (κ3) is 8.81. The summed E-state index contributed by atoms with van der Waals surface area (Å²) in [6, 6.07) is 12.7. The molecule has 4 aromatic rings. The second-order valence-electron chi connectivity index (χ2n) is 17.0. The third-order valence-electron chi connectivity index (χ3n) is 12.6. The van der Waals surface area contributed by atoms with Gasteiger partial charge >= 0.3 is 0 Å². The van der Waals surface area contributed by atoms with E-state index in [-0.39, 0.29) is 52.7 Å². The van der Waals surface area contributed by atoms with E-state index in [9.17, 15) is 28.2 Å². The number of hydrogen-bond acceptors (Lipinski definition) is 10. The average Bonchev–Trinajstić information content (AvgIpc) is 3.85. The van der Waals surface area contributed by atoms with Crippen LogP contribution in [0.1, 0.15) is 89.3 Å². The van der Waals surface area contributed by atoms with Crippen molar-refractivity contribution in [2.45, 2.75) is 57.7 Å². The number of piperidine rings is 2. The Morgan fingerprint density at radius 2 is 1.72 bits per heavy atom. The topological polar surface area (TPSA) is 162 Å². The monoisotopic (exact) mass is 965 g/mol. The number of likely N-dealkylation sites (N-methyl/N-ethyl adjacent to an activating group) is 2. The van der Waals surface area contributed by atoms with Crippen molar-refractivity contribution in [2.24, 2.45) is 5.92 Å². The van der Waals surface area contributed by atoms with Crippen molar-refractivity contribution in [1.82, 2.24) is 33.5 Å². The lowest BCUT2D eigenvalue weighted by Gasteiger charge is -2.36. The number of rotatable bonds is 10. The van der Waals surface area contributed by atoms with Crippen molar-refractivity contribution in [2.75, 3.05) is 58.2 Å². The van der Waals surface area contributed by atoms with E-state index in [4.69, 9.17) is 32.9 Å². The van der Waals surface area contributed by atoms with Crippen LogP contribution >= 0.6 is 23.2 Å². The van der Waals surface area contributed by atoms with E-state index >= 15 is 0 Å². The lowest BCUT2D eigenvalue weighted by molar-refractivity contribution is -0.147. The van der Waals surface area contributed by atoms with Crippen LogP contribution in [0.5, 0.6) is 5.88 Å². The minimum atomic E-state index is -1.76. The summed E-state index contributed by atoms with van der Waals surface area (Å²) in [5, 5.41) is 1.02. The molecular weight excluding hydrogens is 918 g/mol. The Hall–Kier alpha value is -6.48. The average molecular weight is 967 g/mol. The normalized spacial score (nSPS) is 19.8. The van der Waals surface area contributed by atoms with Crippen molar-refractivity contribution >= 4 is 75.6 Å². The molecule has 3 unspecified atom stereocenters. The Labute approximate surface area is 401 Å². The van der Waals surface area contributed by atoms with Crippen molar-refractivity contribution in [1.29, 1.82) is 0 Å². The van der Waals surface area contributed by atoms with E-state index in [1.807, 2.05) is 48.7 Å². The van der Waals surface area contributed by atoms with E-state index < -0.39 is 29.0 Å². The van der Waals surface area contributed by atoms with Crippen LogP contribution in [0.15, 0.2) is 77.1 Å². The number of allylic oxidation sites excluding steroid dienone is 2. The molecule has 0 aliphatic carbocycles. The summed E-state index contributed by atoms with van der Waals surface area (Å²) in [6.45, 7) is 4.82. The molecular formula is C48H49Cl2N9O7S. The van der Waals surface area contributed by atoms with E-state index in [0.717, 1.165) is 4.90 Å². The predicted octanol–water partition coefficient (Wildman–Crippen LogP) is 6.34. The fourth-order valence-electron chi connectivity index (χ4n) is 8.99. The highest BCUT2D eigenvalue weighted by molar-refractivity contribution is 7.86. The fourth-order valence-corrected chi connectivity index (χ4v) is 10.6. The molecule has 348 valence electrons. The van der Waals surface area contributed by atoms with Crippen LogP contribution < -0.4 is 14.5 Å². The molecule has 67 heavy (non-hydrogen) atoms. The summed E-state index contributed by atoms with van der Waals surface area (Å²) in [5.41, 5.74) is 4.07. The first kappa shape index (κ1) is 47.0. The van der Waals surface area contributed by atoms with Gasteiger partial charge in [-0.2, -0.15) is 0 Å². The maximum Gasteiger partial charge on any atom is 0.280 e. The molecule has 19 heteroatoms. The van der Waals surface area contributed by atoms with Gasteiger partial charge in [-0.15, -0.1) is 0 Å². The highest BCUT2D eigenvalue weighted by atomic mass is 35.5. The number of imidazole rings is 1. The van der Waals surface area contributed by atoms with Crippen LogP contribution in [0.4, 0.5) is 11.4 Å². The van der Waals surface area contributed by atoms with Gasteiger partial charge in [0, 0.05) is 82.6 Å². The molecule has 0 N–H and O–H groups in total. The Balaban J connectivity index is 1.04. The van der Waals surface area contributed by atoms with Gasteiger partial charge < -0.3 is 24.0 Å². The largest absolute Gasteiger partial charge is 0.480 e. The van der Waals surface area contributed by atoms with Crippen molar-refractivity contribution < 1.29 is 32.9 Å². The van der Waals surface area contributed by atoms with Gasteiger partial charge in [0.25, 0.3) is 17.7 Å². The Morgan fingerprint density at radius 1 is 1.00 bits per heavy atom. The zero-order chi connectivity index (χ0) is 48.0. The van der Waals surface area contributed by atoms with Crippen LogP contribution in [-0.4, -0.2) is 122 Å². The predicted molar refractivity (Wildman–Crippen MR) is 255 cm³/mol. The van der Waals surface area contributed by atoms with Crippen LogP contribution in [0.2, 0.25) is 5.02 Å². The number of benzene rings is 2. The maximum atomic E-state index is 14.6. The SMILES string of the molecule is COc1ncc(C(=O)N2CCC(C#Cc3ccc(N(C)C4CCC(=O)N(C)C4=O)c(N(C)C=O)c3)CC2)cc1-c1nc2c(n1C(C)C)C(c1ccc(Cl)cc1)N(C1=CC(Cl)=CN(C)S1=O)C2=O. The first-order chi connectivity index (χ1) is 32.0. The second-order valence-corrected chi connectivity index (χ2v) is 19.4. The molecule has 5 amide bonds. The molecule has 2 fully saturated rings. The number of aromatic nitrogens is 3. The first-order valence-corrected chi connectivity index (χ1v) is 23.5. The quantitative estimate of drug-likeness (QED) is 0.0996. The lowest BCUT2D eigenvalue weighted by atomic mass is 9.96. The number of methoxy groups -OCH3 is 1. The van der Waals surface area contributed by atoms with E-state index in [0.29, 0.717) is 94.0 Å². The van der Waals surface area contributed by atoms with Gasteiger partial charge in [-0.25, -0.2) is 14.2 Å². The molecule has 16 nitrogen and oxygen atoms in total. The number of pyridine rings is 1. The van der Waals surface area contributed by atoms with Gasteiger partial charge in [0.2, 0.25) is 18.2 Å². The first-order valence-electron chi connectivity index (χ1n) is 21.7. The Bertz CT molecular complexity index is 2840. The number of carbonyl (C=O) groups is 5. The molecule has 2 aromatic heterocycles. The van der Waals surface area contributed by atoms with Gasteiger partial charge in [-0.1, -0.05) is 47.2 Å². The van der Waals surface area contributed by atoms with Crippen molar-refractivity contribution in [3.63, 3.8) is 0 Å². The van der Waals surface area contributed by atoms with Crippen LogP contribution in [0.25, 0.3) is 11.4 Å². The maximum absolute atomic E-state index is 14.6.